The zero-order valence-corrected chi connectivity index (χ0v) is 25.5. The number of ketones is 1. The van der Waals surface area contributed by atoms with Gasteiger partial charge in [0, 0.05) is 29.1 Å². The van der Waals surface area contributed by atoms with Crippen LogP contribution < -0.4 is 19.5 Å². The van der Waals surface area contributed by atoms with Gasteiger partial charge in [-0.25, -0.2) is 8.42 Å². The van der Waals surface area contributed by atoms with Crippen LogP contribution in [0.4, 0.5) is 5.69 Å². The summed E-state index contributed by atoms with van der Waals surface area (Å²) in [6, 6.07) is 13.0. The predicted molar refractivity (Wildman–Crippen MR) is 158 cm³/mol. The number of nitriles is 1. The number of halogens is 1. The Kier molecular flexibility index (Phi) is 9.26. The summed E-state index contributed by atoms with van der Waals surface area (Å²) >= 11 is 3.64. The zero-order chi connectivity index (χ0) is 29.0. The lowest BCUT2D eigenvalue weighted by Gasteiger charge is -2.35. The van der Waals surface area contributed by atoms with Crippen molar-refractivity contribution in [2.24, 2.45) is 5.92 Å². The van der Waals surface area contributed by atoms with Crippen molar-refractivity contribution in [3.05, 3.63) is 74.5 Å². The van der Waals surface area contributed by atoms with Crippen LogP contribution in [0.3, 0.4) is 0 Å². The van der Waals surface area contributed by atoms with E-state index in [9.17, 15) is 18.5 Å². The number of Topliss-reactive ketones (excluding diaryl/α,β-unsaturated/α-hetero) is 1. The number of anilines is 1. The van der Waals surface area contributed by atoms with Gasteiger partial charge in [0.2, 0.25) is 10.0 Å². The van der Waals surface area contributed by atoms with Crippen molar-refractivity contribution in [3.8, 4) is 17.6 Å². The molecule has 2 N–H and O–H groups in total. The highest BCUT2D eigenvalue weighted by Gasteiger charge is 2.39. The summed E-state index contributed by atoms with van der Waals surface area (Å²) in [7, 11) is -3.40. The lowest BCUT2D eigenvalue weighted by atomic mass is 9.72. The van der Waals surface area contributed by atoms with Crippen molar-refractivity contribution < 1.29 is 22.7 Å². The summed E-state index contributed by atoms with van der Waals surface area (Å²) in [5, 5.41) is 13.5. The highest BCUT2D eigenvalue weighted by atomic mass is 79.9. The third kappa shape index (κ3) is 6.70. The largest absolute Gasteiger partial charge is 0.490 e. The van der Waals surface area contributed by atoms with Crippen LogP contribution in [-0.2, 0) is 21.4 Å². The van der Waals surface area contributed by atoms with Gasteiger partial charge in [0.05, 0.1) is 34.9 Å². The third-order valence-corrected chi connectivity index (χ3v) is 8.20. The standard InChI is InChI=1S/C30H34BrN3O5S/c1-5-8-19-12-25-29(26(35)13-19)28(23(16-32)18(3)33-25)21-14-24(31)30(27(15-21)38-6-2)39-17-20-9-7-10-22(11-20)34-40(4,36)37/h7,9-11,14-15,19,28,33-34H,5-6,8,12-13,17H2,1-4H3. The van der Waals surface area contributed by atoms with Gasteiger partial charge in [-0.15, -0.1) is 0 Å². The molecule has 1 heterocycles. The third-order valence-electron chi connectivity index (χ3n) is 7.01. The molecule has 2 aromatic carbocycles. The Morgan fingerprint density at radius 2 is 1.95 bits per heavy atom. The number of hydrogen-bond donors (Lipinski definition) is 2. The van der Waals surface area contributed by atoms with E-state index >= 15 is 0 Å². The number of hydrogen-bond acceptors (Lipinski definition) is 7. The second kappa shape index (κ2) is 12.5. The average Bonchev–Trinajstić information content (AvgIpc) is 2.87. The van der Waals surface area contributed by atoms with Gasteiger partial charge in [-0.3, -0.25) is 9.52 Å². The van der Waals surface area contributed by atoms with Crippen molar-refractivity contribution >= 4 is 37.4 Å². The first-order chi connectivity index (χ1) is 19.0. The summed E-state index contributed by atoms with van der Waals surface area (Å²) in [6.45, 7) is 6.44. The molecule has 2 aromatic rings. The highest BCUT2D eigenvalue weighted by molar-refractivity contribution is 9.10. The number of rotatable bonds is 10. The smallest absolute Gasteiger partial charge is 0.229 e. The maximum atomic E-state index is 13.5. The van der Waals surface area contributed by atoms with E-state index in [2.05, 4.69) is 39.0 Å². The molecule has 0 spiro atoms. The molecule has 0 saturated carbocycles. The highest BCUT2D eigenvalue weighted by Crippen LogP contribution is 2.47. The summed E-state index contributed by atoms with van der Waals surface area (Å²) in [5.74, 6) is 0.843. The van der Waals surface area contributed by atoms with Crippen molar-refractivity contribution in [3.63, 3.8) is 0 Å². The number of benzene rings is 2. The zero-order valence-electron chi connectivity index (χ0n) is 23.1. The second-order valence-corrected chi connectivity index (χ2v) is 12.8. The first kappa shape index (κ1) is 29.7. The number of nitrogens with one attached hydrogen (secondary N) is 2. The van der Waals surface area contributed by atoms with E-state index in [1.807, 2.05) is 32.0 Å². The van der Waals surface area contributed by atoms with Gasteiger partial charge in [-0.05, 0) is 83.9 Å². The molecule has 1 aliphatic carbocycles. The fourth-order valence-electron chi connectivity index (χ4n) is 5.47. The van der Waals surface area contributed by atoms with Crippen LogP contribution in [0.15, 0.2) is 63.4 Å². The Morgan fingerprint density at radius 1 is 1.18 bits per heavy atom. The molecular formula is C30H34BrN3O5S. The molecule has 0 aromatic heterocycles. The minimum absolute atomic E-state index is 0.0782. The monoisotopic (exact) mass is 627 g/mol. The molecule has 2 atom stereocenters. The first-order valence-corrected chi connectivity index (χ1v) is 16.0. The molecule has 10 heteroatoms. The number of sulfonamides is 1. The van der Waals surface area contributed by atoms with Gasteiger partial charge in [0.1, 0.15) is 6.61 Å². The summed E-state index contributed by atoms with van der Waals surface area (Å²) in [4.78, 5) is 13.5. The molecule has 2 aliphatic rings. The van der Waals surface area contributed by atoms with Crippen molar-refractivity contribution in [1.29, 1.82) is 5.26 Å². The molecule has 8 nitrogen and oxygen atoms in total. The number of dihydropyridines is 1. The van der Waals surface area contributed by atoms with Crippen LogP contribution in [0.5, 0.6) is 11.5 Å². The van der Waals surface area contributed by atoms with Crippen molar-refractivity contribution in [1.82, 2.24) is 5.32 Å². The molecule has 0 fully saturated rings. The molecule has 1 aliphatic heterocycles. The van der Waals surface area contributed by atoms with E-state index < -0.39 is 15.9 Å². The first-order valence-electron chi connectivity index (χ1n) is 13.3. The maximum Gasteiger partial charge on any atom is 0.229 e. The number of carbonyl (C=O) groups excluding carboxylic acids is 1. The Hall–Kier alpha value is -3.29. The van der Waals surface area contributed by atoms with E-state index in [0.717, 1.165) is 48.0 Å². The lowest BCUT2D eigenvalue weighted by molar-refractivity contribution is -0.117. The molecule has 2 unspecified atom stereocenters. The maximum absolute atomic E-state index is 13.5. The number of allylic oxidation sites excluding steroid dienone is 4. The van der Waals surface area contributed by atoms with Gasteiger partial charge < -0.3 is 14.8 Å². The fraction of sp³-hybridized carbons (Fsp3) is 0.400. The molecule has 0 saturated heterocycles. The molecule has 4 rings (SSSR count). The second-order valence-electron chi connectivity index (χ2n) is 10.2. The molecule has 212 valence electrons. The van der Waals surface area contributed by atoms with Gasteiger partial charge >= 0.3 is 0 Å². The van der Waals surface area contributed by atoms with Crippen molar-refractivity contribution in [2.75, 3.05) is 17.6 Å². The normalized spacial score (nSPS) is 19.1. The SMILES string of the molecule is CCCC1CC(=O)C2=C(C1)NC(C)=C(C#N)C2c1cc(Br)c(OCc2cccc(NS(C)(=O)=O)c2)c(OCC)c1. The summed E-state index contributed by atoms with van der Waals surface area (Å²) in [5.41, 5.74) is 4.82. The minimum Gasteiger partial charge on any atom is -0.490 e. The van der Waals surface area contributed by atoms with E-state index in [-0.39, 0.29) is 12.4 Å². The number of ether oxygens (including phenoxy) is 2. The van der Waals surface area contributed by atoms with Crippen LogP contribution >= 0.6 is 15.9 Å². The Morgan fingerprint density at radius 3 is 2.62 bits per heavy atom. The topological polar surface area (TPSA) is 118 Å². The van der Waals surface area contributed by atoms with Crippen LogP contribution in [0.25, 0.3) is 0 Å². The van der Waals surface area contributed by atoms with E-state index in [4.69, 9.17) is 9.47 Å². The fourth-order valence-corrected chi connectivity index (χ4v) is 6.59. The molecule has 0 amide bonds. The van der Waals surface area contributed by atoms with Crippen molar-refractivity contribution in [2.45, 2.75) is 59.0 Å². The van der Waals surface area contributed by atoms with Gasteiger partial charge in [-0.2, -0.15) is 5.26 Å². The number of nitrogens with zero attached hydrogens (tertiary/aromatic N) is 1. The van der Waals surface area contributed by atoms with E-state index in [1.165, 1.54) is 0 Å². The minimum atomic E-state index is -3.40. The van der Waals surface area contributed by atoms with E-state index in [1.54, 1.807) is 18.2 Å². The van der Waals surface area contributed by atoms with Gasteiger partial charge in [0.25, 0.3) is 0 Å². The Bertz CT molecular complexity index is 1520. The van der Waals surface area contributed by atoms with Crippen LogP contribution in [0.1, 0.15) is 63.5 Å². The summed E-state index contributed by atoms with van der Waals surface area (Å²) in [6.07, 6.45) is 4.38. The molecule has 0 bridgehead atoms. The van der Waals surface area contributed by atoms with Crippen LogP contribution in [0.2, 0.25) is 0 Å². The predicted octanol–water partition coefficient (Wildman–Crippen LogP) is 6.32. The lowest BCUT2D eigenvalue weighted by Crippen LogP contribution is -2.34. The molecular weight excluding hydrogens is 594 g/mol. The van der Waals surface area contributed by atoms with Gasteiger partial charge in [-0.1, -0.05) is 25.5 Å². The van der Waals surface area contributed by atoms with Crippen LogP contribution in [0, 0.1) is 17.2 Å². The van der Waals surface area contributed by atoms with Gasteiger partial charge in [0.15, 0.2) is 17.3 Å². The Labute approximate surface area is 244 Å². The molecule has 40 heavy (non-hydrogen) atoms. The Balaban J connectivity index is 1.69. The molecule has 0 radical (unpaired) electrons. The average molecular weight is 629 g/mol. The summed E-state index contributed by atoms with van der Waals surface area (Å²) < 4.78 is 38.5. The van der Waals surface area contributed by atoms with E-state index in [0.29, 0.717) is 51.8 Å². The number of carbonyl (C=O) groups is 1. The van der Waals surface area contributed by atoms with Crippen LogP contribution in [-0.4, -0.2) is 27.1 Å². The quantitative estimate of drug-likeness (QED) is 0.317.